The van der Waals surface area contributed by atoms with Crippen LogP contribution >= 0.6 is 23.2 Å². The maximum Gasteiger partial charge on any atom is 0.408 e. The maximum atomic E-state index is 13.4. The molecule has 14 nitrogen and oxygen atoms in total. The van der Waals surface area contributed by atoms with Crippen molar-refractivity contribution in [2.75, 3.05) is 19.7 Å². The van der Waals surface area contributed by atoms with E-state index in [1.807, 2.05) is 0 Å². The van der Waals surface area contributed by atoms with Gasteiger partial charge >= 0.3 is 12.1 Å². The van der Waals surface area contributed by atoms with Crippen LogP contribution in [0.2, 0.25) is 10.0 Å². The Hall–Kier alpha value is -4.18. The van der Waals surface area contributed by atoms with Gasteiger partial charge in [-0.3, -0.25) is 19.8 Å². The number of ether oxygens (including phenoxy) is 1. The van der Waals surface area contributed by atoms with Crippen LogP contribution in [0.25, 0.3) is 0 Å². The first-order valence-electron chi connectivity index (χ1n) is 14.5. The molecular formula is C30H36Cl2N6O8S. The largest absolute Gasteiger partial charge is 0.481 e. The molecule has 0 spiro atoms. The number of amidine groups is 1. The van der Waals surface area contributed by atoms with Crippen LogP contribution in [-0.4, -0.2) is 85.4 Å². The molecule has 2 aromatic carbocycles. The molecule has 0 unspecified atom stereocenters. The van der Waals surface area contributed by atoms with Crippen molar-refractivity contribution in [3.05, 3.63) is 76.3 Å². The van der Waals surface area contributed by atoms with E-state index in [0.29, 0.717) is 11.1 Å². The average molecular weight is 712 g/mol. The Balaban J connectivity index is 1.71. The van der Waals surface area contributed by atoms with E-state index in [-0.39, 0.29) is 66.2 Å². The molecule has 0 aromatic heterocycles. The summed E-state index contributed by atoms with van der Waals surface area (Å²) >= 11 is 12.1. The van der Waals surface area contributed by atoms with Crippen LogP contribution in [0.15, 0.2) is 60.0 Å². The van der Waals surface area contributed by atoms with Gasteiger partial charge in [-0.1, -0.05) is 60.1 Å². The molecular weight excluding hydrogens is 675 g/mol. The summed E-state index contributed by atoms with van der Waals surface area (Å²) in [5.41, 5.74) is 6.55. The molecule has 3 rings (SSSR count). The smallest absolute Gasteiger partial charge is 0.408 e. The number of nitrogens with one attached hydrogen (secondary N) is 4. The molecule has 254 valence electrons. The number of amides is 3. The van der Waals surface area contributed by atoms with Gasteiger partial charge in [-0.15, -0.1) is 0 Å². The highest BCUT2D eigenvalue weighted by atomic mass is 35.5. The number of piperidine rings is 1. The van der Waals surface area contributed by atoms with E-state index in [1.54, 1.807) is 24.3 Å². The number of nitrogens with zero attached hydrogens (tertiary/aromatic N) is 1. The van der Waals surface area contributed by atoms with Gasteiger partial charge in [0.1, 0.15) is 29.4 Å². The van der Waals surface area contributed by atoms with Gasteiger partial charge < -0.3 is 31.5 Å². The predicted octanol–water partition coefficient (Wildman–Crippen LogP) is 2.42. The molecule has 1 aliphatic heterocycles. The van der Waals surface area contributed by atoms with Gasteiger partial charge in [-0.2, -0.15) is 4.31 Å². The SMILES string of the molecule is C=CCOC(=O)N[C@@H](Cc1ccc(C(=N)N)cc1)C(=O)N[C@@H](CCC(=O)O)C(=O)NC1CCN(S(=O)(=O)c2cc(Cl)ccc2Cl)CC1. The summed E-state index contributed by atoms with van der Waals surface area (Å²) in [5, 5.41) is 24.8. The molecule has 17 heteroatoms. The first-order valence-corrected chi connectivity index (χ1v) is 16.7. The Morgan fingerprint density at radius 2 is 1.72 bits per heavy atom. The quantitative estimate of drug-likeness (QED) is 0.0906. The molecule has 0 bridgehead atoms. The Morgan fingerprint density at radius 3 is 2.32 bits per heavy atom. The van der Waals surface area contributed by atoms with Crippen LogP contribution in [0.1, 0.15) is 36.8 Å². The zero-order valence-corrected chi connectivity index (χ0v) is 27.5. The van der Waals surface area contributed by atoms with Gasteiger partial charge in [0, 0.05) is 42.6 Å². The Kier molecular flexibility index (Phi) is 13.6. The fraction of sp³-hybridized carbons (Fsp3) is 0.367. The number of halogens is 2. The van der Waals surface area contributed by atoms with Gasteiger partial charge in [0.05, 0.1) is 5.02 Å². The van der Waals surface area contributed by atoms with Crippen LogP contribution in [0.4, 0.5) is 4.79 Å². The van der Waals surface area contributed by atoms with Gasteiger partial charge in [0.15, 0.2) is 0 Å². The molecule has 0 radical (unpaired) electrons. The number of carbonyl (C=O) groups excluding carboxylic acids is 3. The third-order valence-electron chi connectivity index (χ3n) is 7.24. The lowest BCUT2D eigenvalue weighted by Gasteiger charge is -2.32. The number of aliphatic carboxylic acids is 1. The van der Waals surface area contributed by atoms with Crippen molar-refractivity contribution in [3.63, 3.8) is 0 Å². The summed E-state index contributed by atoms with van der Waals surface area (Å²) in [4.78, 5) is 50.4. The molecule has 1 fully saturated rings. The molecule has 7 N–H and O–H groups in total. The first kappa shape index (κ1) is 37.3. The van der Waals surface area contributed by atoms with E-state index in [1.165, 1.54) is 28.6 Å². The van der Waals surface area contributed by atoms with Crippen molar-refractivity contribution >= 4 is 62.9 Å². The summed E-state index contributed by atoms with van der Waals surface area (Å²) in [7, 11) is -3.96. The molecule has 1 saturated heterocycles. The second-order valence-corrected chi connectivity index (χ2v) is 13.4. The van der Waals surface area contributed by atoms with E-state index in [0.717, 1.165) is 0 Å². The summed E-state index contributed by atoms with van der Waals surface area (Å²) in [6, 6.07) is 7.53. The highest BCUT2D eigenvalue weighted by Crippen LogP contribution is 2.29. The lowest BCUT2D eigenvalue weighted by Crippen LogP contribution is -2.56. The first-order chi connectivity index (χ1) is 22.2. The van der Waals surface area contributed by atoms with Crippen LogP contribution < -0.4 is 21.7 Å². The fourth-order valence-corrected chi connectivity index (χ4v) is 6.96. The molecule has 0 aliphatic carbocycles. The minimum Gasteiger partial charge on any atom is -0.481 e. The van der Waals surface area contributed by atoms with E-state index >= 15 is 0 Å². The van der Waals surface area contributed by atoms with Crippen LogP contribution in [0.5, 0.6) is 0 Å². The lowest BCUT2D eigenvalue weighted by molar-refractivity contribution is -0.138. The molecule has 1 aliphatic rings. The van der Waals surface area contributed by atoms with Crippen LogP contribution in [0, 0.1) is 5.41 Å². The van der Waals surface area contributed by atoms with Gasteiger partial charge in [-0.25, -0.2) is 13.2 Å². The van der Waals surface area contributed by atoms with Crippen molar-refractivity contribution in [1.29, 1.82) is 5.41 Å². The van der Waals surface area contributed by atoms with Crippen molar-refractivity contribution < 1.29 is 37.4 Å². The number of rotatable bonds is 15. The van der Waals surface area contributed by atoms with Crippen LogP contribution in [0.3, 0.4) is 0 Å². The Labute approximate surface area is 282 Å². The number of alkyl carbamates (subject to hydrolysis) is 1. The van der Waals surface area contributed by atoms with Crippen LogP contribution in [-0.2, 0) is 35.6 Å². The second-order valence-electron chi connectivity index (χ2n) is 10.7. The summed E-state index contributed by atoms with van der Waals surface area (Å²) in [6.45, 7) is 3.46. The molecule has 2 aromatic rings. The minimum absolute atomic E-state index is 0.0247. The molecule has 0 saturated carbocycles. The molecule has 2 atom stereocenters. The number of hydrogen-bond acceptors (Lipinski definition) is 8. The van der Waals surface area contributed by atoms with Gasteiger partial charge in [0.25, 0.3) is 0 Å². The Morgan fingerprint density at radius 1 is 1.06 bits per heavy atom. The molecule has 3 amide bonds. The topological polar surface area (TPSA) is 221 Å². The number of carbonyl (C=O) groups is 4. The average Bonchev–Trinajstić information content (AvgIpc) is 3.03. The number of hydrogen-bond donors (Lipinski definition) is 6. The molecule has 47 heavy (non-hydrogen) atoms. The number of sulfonamides is 1. The summed E-state index contributed by atoms with van der Waals surface area (Å²) < 4.78 is 32.5. The third kappa shape index (κ3) is 10.9. The van der Waals surface area contributed by atoms with Crippen molar-refractivity contribution in [1.82, 2.24) is 20.3 Å². The maximum absolute atomic E-state index is 13.4. The number of benzene rings is 2. The van der Waals surface area contributed by atoms with Crippen molar-refractivity contribution in [2.24, 2.45) is 5.73 Å². The summed E-state index contributed by atoms with van der Waals surface area (Å²) in [6.07, 6.45) is 0.155. The van der Waals surface area contributed by atoms with E-state index < -0.39 is 58.4 Å². The standard InChI is InChI=1S/C30H36Cl2N6O8S/c1-2-15-46-30(43)37-24(16-18-3-5-19(6-4-18)27(33)34)29(42)36-23(9-10-26(39)40)28(41)35-21-11-13-38(14-12-21)47(44,45)25-17-20(31)7-8-22(25)32/h2-8,17,21,23-24H,1,9-16H2,(H3,33,34)(H,35,41)(H,36,42)(H,37,43)(H,39,40)/t23-,24-/m0/s1. The number of carboxylic acids is 1. The van der Waals surface area contributed by atoms with E-state index in [4.69, 9.17) is 39.1 Å². The Bertz CT molecular complexity index is 1600. The number of nitrogen functional groups attached to an aromatic ring is 1. The van der Waals surface area contributed by atoms with Gasteiger partial charge in [0.2, 0.25) is 21.8 Å². The predicted molar refractivity (Wildman–Crippen MR) is 175 cm³/mol. The van der Waals surface area contributed by atoms with Crippen molar-refractivity contribution in [3.8, 4) is 0 Å². The number of carboxylic acid groups (broad SMARTS) is 1. The zero-order valence-electron chi connectivity index (χ0n) is 25.2. The normalized spacial score (nSPS) is 15.1. The minimum atomic E-state index is -3.96. The van der Waals surface area contributed by atoms with E-state index in [2.05, 4.69) is 22.5 Å². The number of nitrogens with two attached hydrogens (primary N) is 1. The highest BCUT2D eigenvalue weighted by molar-refractivity contribution is 7.89. The summed E-state index contributed by atoms with van der Waals surface area (Å²) in [5.74, 6) is -2.79. The monoisotopic (exact) mass is 710 g/mol. The second kappa shape index (κ2) is 17.1. The third-order valence-corrected chi connectivity index (χ3v) is 9.85. The van der Waals surface area contributed by atoms with Crippen molar-refractivity contribution in [2.45, 2.75) is 55.1 Å². The van der Waals surface area contributed by atoms with E-state index in [9.17, 15) is 32.7 Å². The lowest BCUT2D eigenvalue weighted by atomic mass is 10.0. The fourth-order valence-electron chi connectivity index (χ4n) is 4.75. The zero-order chi connectivity index (χ0) is 34.7. The molecule has 1 heterocycles. The highest BCUT2D eigenvalue weighted by Gasteiger charge is 2.33. The van der Waals surface area contributed by atoms with Gasteiger partial charge in [-0.05, 0) is 43.0 Å².